The smallest absolute Gasteiger partial charge is 0.249 e. The second-order valence-corrected chi connectivity index (χ2v) is 7.74. The van der Waals surface area contributed by atoms with Gasteiger partial charge in [-0.25, -0.2) is 4.39 Å². The van der Waals surface area contributed by atoms with Crippen molar-refractivity contribution in [2.75, 3.05) is 0 Å². The lowest BCUT2D eigenvalue weighted by Gasteiger charge is -2.11. The molecule has 1 heterocycles. The van der Waals surface area contributed by atoms with E-state index in [1.165, 1.54) is 23.9 Å². The minimum atomic E-state index is -0.466. The highest BCUT2D eigenvalue weighted by molar-refractivity contribution is 7.98. The van der Waals surface area contributed by atoms with Gasteiger partial charge in [0.2, 0.25) is 5.91 Å². The lowest BCUT2D eigenvalue weighted by Crippen LogP contribution is -2.13. The van der Waals surface area contributed by atoms with Gasteiger partial charge in [-0.1, -0.05) is 59.8 Å². The Morgan fingerprint density at radius 3 is 2.40 bits per heavy atom. The summed E-state index contributed by atoms with van der Waals surface area (Å²) in [4.78, 5) is 11.7. The minimum Gasteiger partial charge on any atom is -0.366 e. The number of rotatable bonds is 6. The van der Waals surface area contributed by atoms with Crippen LogP contribution in [0.3, 0.4) is 0 Å². The predicted molar refractivity (Wildman–Crippen MR) is 116 cm³/mol. The molecule has 0 radical (unpaired) electrons. The van der Waals surface area contributed by atoms with Crippen molar-refractivity contribution in [1.29, 1.82) is 0 Å². The SMILES string of the molecule is Cc1ccc(-c2nnc(SCc3ccccc3C(N)=O)n2-c2ccc(F)cc2)cc1. The van der Waals surface area contributed by atoms with Crippen LogP contribution in [0.2, 0.25) is 0 Å². The van der Waals surface area contributed by atoms with Crippen LogP contribution in [0.5, 0.6) is 0 Å². The largest absolute Gasteiger partial charge is 0.366 e. The number of halogens is 1. The summed E-state index contributed by atoms with van der Waals surface area (Å²) in [6, 6.07) is 21.4. The third kappa shape index (κ3) is 4.11. The Hall–Kier alpha value is -3.45. The van der Waals surface area contributed by atoms with Crippen molar-refractivity contribution in [3.05, 3.63) is 95.3 Å². The van der Waals surface area contributed by atoms with E-state index < -0.39 is 5.91 Å². The van der Waals surface area contributed by atoms with E-state index in [1.54, 1.807) is 24.3 Å². The first-order valence-corrected chi connectivity index (χ1v) is 10.3. The maximum atomic E-state index is 13.5. The first-order chi connectivity index (χ1) is 14.5. The lowest BCUT2D eigenvalue weighted by atomic mass is 10.1. The van der Waals surface area contributed by atoms with Crippen molar-refractivity contribution in [3.63, 3.8) is 0 Å². The van der Waals surface area contributed by atoms with Crippen molar-refractivity contribution in [1.82, 2.24) is 14.8 Å². The molecule has 0 fully saturated rings. The molecule has 0 atom stereocenters. The van der Waals surface area contributed by atoms with Crippen molar-refractivity contribution in [2.45, 2.75) is 17.8 Å². The summed E-state index contributed by atoms with van der Waals surface area (Å²) in [5.74, 6) is 0.374. The van der Waals surface area contributed by atoms with Gasteiger partial charge in [0.05, 0.1) is 0 Å². The normalized spacial score (nSPS) is 10.9. The fraction of sp³-hybridized carbons (Fsp3) is 0.0870. The number of nitrogens with two attached hydrogens (primary N) is 1. The molecule has 2 N–H and O–H groups in total. The molecule has 0 aliphatic carbocycles. The molecule has 4 rings (SSSR count). The molecule has 3 aromatic carbocycles. The molecular weight excluding hydrogens is 399 g/mol. The van der Waals surface area contributed by atoms with Gasteiger partial charge in [-0.05, 0) is 42.8 Å². The third-order valence-corrected chi connectivity index (χ3v) is 5.65. The van der Waals surface area contributed by atoms with Gasteiger partial charge < -0.3 is 5.73 Å². The van der Waals surface area contributed by atoms with Crippen molar-refractivity contribution in [2.24, 2.45) is 5.73 Å². The van der Waals surface area contributed by atoms with Crippen LogP contribution >= 0.6 is 11.8 Å². The Balaban J connectivity index is 1.74. The molecule has 0 saturated heterocycles. The second-order valence-electron chi connectivity index (χ2n) is 6.79. The summed E-state index contributed by atoms with van der Waals surface area (Å²) in [5, 5.41) is 9.40. The molecular formula is C23H19FN4OS. The average Bonchev–Trinajstić information content (AvgIpc) is 3.17. The van der Waals surface area contributed by atoms with Crippen LogP contribution in [-0.2, 0) is 5.75 Å². The first kappa shape index (κ1) is 19.8. The summed E-state index contributed by atoms with van der Waals surface area (Å²) in [6.07, 6.45) is 0. The summed E-state index contributed by atoms with van der Waals surface area (Å²) >= 11 is 1.44. The Morgan fingerprint density at radius 1 is 1.00 bits per heavy atom. The second kappa shape index (κ2) is 8.51. The standard InChI is InChI=1S/C23H19FN4OS/c1-15-6-8-16(9-7-15)22-26-27-23(28(22)19-12-10-18(24)11-13-19)30-14-17-4-2-3-5-20(17)21(25)29/h2-13H,14H2,1H3,(H2,25,29). The number of aryl methyl sites for hydroxylation is 1. The topological polar surface area (TPSA) is 73.8 Å². The van der Waals surface area contributed by atoms with E-state index in [0.29, 0.717) is 22.3 Å². The van der Waals surface area contributed by atoms with Crippen molar-refractivity contribution in [3.8, 4) is 17.1 Å². The highest BCUT2D eigenvalue weighted by Gasteiger charge is 2.17. The van der Waals surface area contributed by atoms with Gasteiger partial charge in [-0.2, -0.15) is 0 Å². The zero-order valence-corrected chi connectivity index (χ0v) is 17.1. The molecule has 4 aromatic rings. The summed E-state index contributed by atoms with van der Waals surface area (Å²) in [6.45, 7) is 2.02. The number of carbonyl (C=O) groups excluding carboxylic acids is 1. The van der Waals surface area contributed by atoms with Gasteiger partial charge in [-0.3, -0.25) is 9.36 Å². The number of hydrogen-bond donors (Lipinski definition) is 1. The highest BCUT2D eigenvalue weighted by atomic mass is 32.2. The molecule has 1 amide bonds. The quantitative estimate of drug-likeness (QED) is 0.458. The van der Waals surface area contributed by atoms with E-state index >= 15 is 0 Å². The predicted octanol–water partition coefficient (Wildman–Crippen LogP) is 4.77. The monoisotopic (exact) mass is 418 g/mol. The number of thioether (sulfide) groups is 1. The van der Waals surface area contributed by atoms with Gasteiger partial charge in [0.1, 0.15) is 5.82 Å². The zero-order chi connectivity index (χ0) is 21.1. The molecule has 0 aliphatic rings. The molecule has 0 saturated carbocycles. The summed E-state index contributed by atoms with van der Waals surface area (Å²) < 4.78 is 15.4. The van der Waals surface area contributed by atoms with Gasteiger partial charge >= 0.3 is 0 Å². The third-order valence-electron chi connectivity index (χ3n) is 4.67. The first-order valence-electron chi connectivity index (χ1n) is 9.32. The number of primary amides is 1. The molecule has 0 aliphatic heterocycles. The zero-order valence-electron chi connectivity index (χ0n) is 16.2. The summed E-state index contributed by atoms with van der Waals surface area (Å²) in [5.41, 5.74) is 9.60. The van der Waals surface area contributed by atoms with E-state index in [0.717, 1.165) is 22.4 Å². The van der Waals surface area contributed by atoms with Crippen molar-refractivity contribution >= 4 is 17.7 Å². The van der Waals surface area contributed by atoms with E-state index in [1.807, 2.05) is 47.9 Å². The lowest BCUT2D eigenvalue weighted by molar-refractivity contribution is 0.0999. The number of nitrogens with zero attached hydrogens (tertiary/aromatic N) is 3. The van der Waals surface area contributed by atoms with Crippen LogP contribution in [0.25, 0.3) is 17.1 Å². The Kier molecular flexibility index (Phi) is 5.63. The van der Waals surface area contributed by atoms with Gasteiger partial charge in [-0.15, -0.1) is 10.2 Å². The van der Waals surface area contributed by atoms with Crippen LogP contribution in [0.1, 0.15) is 21.5 Å². The number of hydrogen-bond acceptors (Lipinski definition) is 4. The molecule has 1 aromatic heterocycles. The van der Waals surface area contributed by atoms with Gasteiger partial charge in [0, 0.05) is 22.6 Å². The number of aromatic nitrogens is 3. The maximum absolute atomic E-state index is 13.5. The number of amides is 1. The number of benzene rings is 3. The molecule has 0 spiro atoms. The number of carbonyl (C=O) groups is 1. The van der Waals surface area contributed by atoms with Crippen LogP contribution in [-0.4, -0.2) is 20.7 Å². The Labute approximate surface area is 177 Å². The molecule has 150 valence electrons. The maximum Gasteiger partial charge on any atom is 0.249 e. The van der Waals surface area contributed by atoms with E-state index in [2.05, 4.69) is 10.2 Å². The summed E-state index contributed by atoms with van der Waals surface area (Å²) in [7, 11) is 0. The molecule has 0 unspecified atom stereocenters. The fourth-order valence-corrected chi connectivity index (χ4v) is 4.06. The van der Waals surface area contributed by atoms with E-state index in [-0.39, 0.29) is 5.82 Å². The van der Waals surface area contributed by atoms with Crippen LogP contribution in [0.15, 0.2) is 78.0 Å². The molecule has 7 heteroatoms. The molecule has 30 heavy (non-hydrogen) atoms. The van der Waals surface area contributed by atoms with Gasteiger partial charge in [0.25, 0.3) is 0 Å². The van der Waals surface area contributed by atoms with Crippen LogP contribution < -0.4 is 5.73 Å². The Bertz CT molecular complexity index is 1190. The minimum absolute atomic E-state index is 0.312. The van der Waals surface area contributed by atoms with E-state index in [9.17, 15) is 9.18 Å². The molecule has 0 bridgehead atoms. The van der Waals surface area contributed by atoms with Crippen LogP contribution in [0, 0.1) is 12.7 Å². The Morgan fingerprint density at radius 2 is 1.70 bits per heavy atom. The van der Waals surface area contributed by atoms with Crippen LogP contribution in [0.4, 0.5) is 4.39 Å². The fourth-order valence-electron chi connectivity index (χ4n) is 3.10. The average molecular weight is 418 g/mol. The van der Waals surface area contributed by atoms with Gasteiger partial charge in [0.15, 0.2) is 11.0 Å². The van der Waals surface area contributed by atoms with E-state index in [4.69, 9.17) is 5.73 Å². The van der Waals surface area contributed by atoms with Crippen molar-refractivity contribution < 1.29 is 9.18 Å². The highest BCUT2D eigenvalue weighted by Crippen LogP contribution is 2.30. The molecule has 5 nitrogen and oxygen atoms in total.